The highest BCUT2D eigenvalue weighted by Gasteiger charge is 2.34. The van der Waals surface area contributed by atoms with Gasteiger partial charge in [0.2, 0.25) is 5.91 Å². The molecular weight excluding hydrogens is 192 g/mol. The van der Waals surface area contributed by atoms with Gasteiger partial charge in [0.05, 0.1) is 5.54 Å². The summed E-state index contributed by atoms with van der Waals surface area (Å²) in [6, 6.07) is 0.0445. The summed E-state index contributed by atoms with van der Waals surface area (Å²) < 4.78 is 0. The second-order valence-corrected chi connectivity index (χ2v) is 4.60. The highest BCUT2D eigenvalue weighted by atomic mass is 16.3. The first-order chi connectivity index (χ1) is 7.08. The molecule has 2 unspecified atom stereocenters. The largest absolute Gasteiger partial charge is 0.396 e. The zero-order valence-electron chi connectivity index (χ0n) is 9.68. The normalized spacial score (nSPS) is 28.5. The molecule has 0 aliphatic carbocycles. The molecule has 2 atom stereocenters. The summed E-state index contributed by atoms with van der Waals surface area (Å²) in [4.78, 5) is 11.9. The van der Waals surface area contributed by atoms with E-state index < -0.39 is 5.54 Å². The first kappa shape index (κ1) is 12.5. The van der Waals surface area contributed by atoms with Crippen LogP contribution in [0.2, 0.25) is 0 Å². The minimum Gasteiger partial charge on any atom is -0.396 e. The molecular formula is C11H22N2O2. The maximum absolute atomic E-state index is 11.9. The first-order valence-corrected chi connectivity index (χ1v) is 5.75. The van der Waals surface area contributed by atoms with Gasteiger partial charge in [0.25, 0.3) is 0 Å². The van der Waals surface area contributed by atoms with E-state index in [0.29, 0.717) is 6.42 Å². The number of carbonyl (C=O) groups is 1. The van der Waals surface area contributed by atoms with E-state index in [1.54, 1.807) is 0 Å². The molecule has 0 radical (unpaired) electrons. The van der Waals surface area contributed by atoms with Crippen molar-refractivity contribution in [2.24, 2.45) is 0 Å². The van der Waals surface area contributed by atoms with Gasteiger partial charge < -0.3 is 15.7 Å². The van der Waals surface area contributed by atoms with E-state index >= 15 is 0 Å². The lowest BCUT2D eigenvalue weighted by molar-refractivity contribution is -0.128. The summed E-state index contributed by atoms with van der Waals surface area (Å²) in [5, 5.41) is 15.0. The molecule has 88 valence electrons. The Morgan fingerprint density at radius 1 is 1.60 bits per heavy atom. The average molecular weight is 214 g/mol. The second kappa shape index (κ2) is 5.47. The Morgan fingerprint density at radius 3 is 2.87 bits per heavy atom. The van der Waals surface area contributed by atoms with Gasteiger partial charge in [0.1, 0.15) is 0 Å². The van der Waals surface area contributed by atoms with E-state index in [0.717, 1.165) is 25.8 Å². The van der Waals surface area contributed by atoms with Gasteiger partial charge in [-0.3, -0.25) is 4.79 Å². The van der Waals surface area contributed by atoms with Gasteiger partial charge in [0.15, 0.2) is 0 Å². The van der Waals surface area contributed by atoms with Crippen LogP contribution in [0.3, 0.4) is 0 Å². The topological polar surface area (TPSA) is 61.4 Å². The van der Waals surface area contributed by atoms with Gasteiger partial charge in [-0.15, -0.1) is 0 Å². The molecule has 3 N–H and O–H groups in total. The molecule has 4 nitrogen and oxygen atoms in total. The van der Waals surface area contributed by atoms with Crippen molar-refractivity contribution in [3.8, 4) is 0 Å². The van der Waals surface area contributed by atoms with Gasteiger partial charge in [-0.25, -0.2) is 0 Å². The molecule has 0 saturated carbocycles. The standard InChI is InChI=1S/C11H22N2O2/c1-9(5-8-14)13-10(15)11(2)6-3-4-7-12-11/h9,12,14H,3-8H2,1-2H3,(H,13,15). The van der Waals surface area contributed by atoms with E-state index in [2.05, 4.69) is 10.6 Å². The van der Waals surface area contributed by atoms with Crippen LogP contribution in [0, 0.1) is 0 Å². The minimum absolute atomic E-state index is 0.0445. The fraction of sp³-hybridized carbons (Fsp3) is 0.909. The van der Waals surface area contributed by atoms with Gasteiger partial charge in [0, 0.05) is 12.6 Å². The van der Waals surface area contributed by atoms with Crippen LogP contribution in [0.1, 0.15) is 39.5 Å². The molecule has 1 heterocycles. The van der Waals surface area contributed by atoms with Crippen molar-refractivity contribution in [3.05, 3.63) is 0 Å². The summed E-state index contributed by atoms with van der Waals surface area (Å²) in [7, 11) is 0. The van der Waals surface area contributed by atoms with Crippen LogP contribution in [0.25, 0.3) is 0 Å². The van der Waals surface area contributed by atoms with E-state index in [1.165, 1.54) is 0 Å². The Balaban J connectivity index is 2.44. The van der Waals surface area contributed by atoms with Crippen LogP contribution in [-0.2, 0) is 4.79 Å². The Kier molecular flexibility index (Phi) is 4.54. The number of piperidine rings is 1. The summed E-state index contributed by atoms with van der Waals surface area (Å²) in [6.45, 7) is 4.90. The summed E-state index contributed by atoms with van der Waals surface area (Å²) in [6.07, 6.45) is 3.76. The monoisotopic (exact) mass is 214 g/mol. The summed E-state index contributed by atoms with van der Waals surface area (Å²) >= 11 is 0. The van der Waals surface area contributed by atoms with Crippen molar-refractivity contribution in [2.45, 2.75) is 51.1 Å². The molecule has 1 aliphatic rings. The minimum atomic E-state index is -0.415. The van der Waals surface area contributed by atoms with Crippen LogP contribution in [-0.4, -0.2) is 35.7 Å². The number of nitrogens with one attached hydrogen (secondary N) is 2. The number of aliphatic hydroxyl groups is 1. The Morgan fingerprint density at radius 2 is 2.33 bits per heavy atom. The predicted molar refractivity (Wildman–Crippen MR) is 59.6 cm³/mol. The smallest absolute Gasteiger partial charge is 0.240 e. The van der Waals surface area contributed by atoms with E-state index in [1.807, 2.05) is 13.8 Å². The molecule has 0 spiro atoms. The number of hydrogen-bond donors (Lipinski definition) is 3. The van der Waals surface area contributed by atoms with Crippen molar-refractivity contribution in [1.82, 2.24) is 10.6 Å². The fourth-order valence-electron chi connectivity index (χ4n) is 1.90. The van der Waals surface area contributed by atoms with Crippen LogP contribution in [0.15, 0.2) is 0 Å². The molecule has 1 fully saturated rings. The number of rotatable bonds is 4. The maximum atomic E-state index is 11.9. The van der Waals surface area contributed by atoms with Crippen molar-refractivity contribution < 1.29 is 9.90 Å². The Hall–Kier alpha value is -0.610. The van der Waals surface area contributed by atoms with E-state index in [-0.39, 0.29) is 18.6 Å². The van der Waals surface area contributed by atoms with Gasteiger partial charge in [-0.05, 0) is 46.1 Å². The van der Waals surface area contributed by atoms with Crippen molar-refractivity contribution in [1.29, 1.82) is 0 Å². The predicted octanol–water partition coefficient (Wildman–Crippen LogP) is 0.406. The highest BCUT2D eigenvalue weighted by molar-refractivity contribution is 5.86. The zero-order valence-corrected chi connectivity index (χ0v) is 9.68. The number of hydrogen-bond acceptors (Lipinski definition) is 3. The zero-order chi connectivity index (χ0) is 11.3. The third kappa shape index (κ3) is 3.47. The quantitative estimate of drug-likeness (QED) is 0.635. The molecule has 0 aromatic heterocycles. The third-order valence-corrected chi connectivity index (χ3v) is 3.06. The average Bonchev–Trinajstić information content (AvgIpc) is 2.19. The lowest BCUT2D eigenvalue weighted by Crippen LogP contribution is -2.58. The highest BCUT2D eigenvalue weighted by Crippen LogP contribution is 2.18. The van der Waals surface area contributed by atoms with Crippen molar-refractivity contribution in [2.75, 3.05) is 13.2 Å². The van der Waals surface area contributed by atoms with Crippen LogP contribution >= 0.6 is 0 Å². The second-order valence-electron chi connectivity index (χ2n) is 4.60. The van der Waals surface area contributed by atoms with Crippen LogP contribution in [0.5, 0.6) is 0 Å². The molecule has 1 saturated heterocycles. The van der Waals surface area contributed by atoms with Gasteiger partial charge in [-0.2, -0.15) is 0 Å². The summed E-state index contributed by atoms with van der Waals surface area (Å²) in [5.41, 5.74) is -0.415. The maximum Gasteiger partial charge on any atom is 0.240 e. The van der Waals surface area contributed by atoms with E-state index in [9.17, 15) is 4.79 Å². The Labute approximate surface area is 91.4 Å². The van der Waals surface area contributed by atoms with Crippen molar-refractivity contribution >= 4 is 5.91 Å². The molecule has 1 aliphatic heterocycles. The van der Waals surface area contributed by atoms with Crippen LogP contribution < -0.4 is 10.6 Å². The molecule has 15 heavy (non-hydrogen) atoms. The van der Waals surface area contributed by atoms with E-state index in [4.69, 9.17) is 5.11 Å². The molecule has 0 bridgehead atoms. The number of amides is 1. The SMILES string of the molecule is CC(CCO)NC(=O)C1(C)CCCCN1. The fourth-order valence-corrected chi connectivity index (χ4v) is 1.90. The molecule has 4 heteroatoms. The first-order valence-electron chi connectivity index (χ1n) is 5.75. The molecule has 0 aromatic rings. The third-order valence-electron chi connectivity index (χ3n) is 3.06. The van der Waals surface area contributed by atoms with Gasteiger partial charge >= 0.3 is 0 Å². The van der Waals surface area contributed by atoms with Crippen LogP contribution in [0.4, 0.5) is 0 Å². The number of carbonyl (C=O) groups excluding carboxylic acids is 1. The lowest BCUT2D eigenvalue weighted by atomic mass is 9.90. The Bertz CT molecular complexity index is 213. The lowest BCUT2D eigenvalue weighted by Gasteiger charge is -2.34. The molecule has 1 rings (SSSR count). The summed E-state index contributed by atoms with van der Waals surface area (Å²) in [5.74, 6) is 0.0585. The molecule has 0 aromatic carbocycles. The van der Waals surface area contributed by atoms with Gasteiger partial charge in [-0.1, -0.05) is 0 Å². The number of aliphatic hydroxyl groups excluding tert-OH is 1. The molecule has 1 amide bonds. The van der Waals surface area contributed by atoms with Crippen molar-refractivity contribution in [3.63, 3.8) is 0 Å².